The first-order valence-corrected chi connectivity index (χ1v) is 11.7. The van der Waals surface area contributed by atoms with Crippen molar-refractivity contribution in [3.8, 4) is 11.1 Å². The van der Waals surface area contributed by atoms with E-state index < -0.39 is 24.0 Å². The Morgan fingerprint density at radius 1 is 0.943 bits per heavy atom. The topological polar surface area (TPSA) is 105 Å². The number of amides is 2. The van der Waals surface area contributed by atoms with Crippen molar-refractivity contribution >= 4 is 23.7 Å². The van der Waals surface area contributed by atoms with Crippen LogP contribution >= 0.6 is 0 Å². The number of carbonyl (C=O) groups excluding carboxylic acids is 2. The van der Waals surface area contributed by atoms with Crippen LogP contribution in [0.15, 0.2) is 66.7 Å². The van der Waals surface area contributed by atoms with E-state index in [4.69, 9.17) is 4.74 Å². The lowest BCUT2D eigenvalue weighted by Crippen LogP contribution is -2.40. The van der Waals surface area contributed by atoms with E-state index >= 15 is 0 Å². The molecule has 1 atom stereocenters. The molecule has 0 bridgehead atoms. The molecule has 2 amide bonds. The molecule has 0 unspecified atom stereocenters. The quantitative estimate of drug-likeness (QED) is 0.411. The molecule has 7 nitrogen and oxygen atoms in total. The zero-order chi connectivity index (χ0) is 24.9. The Bertz CT molecular complexity index is 1220. The van der Waals surface area contributed by atoms with E-state index in [1.165, 1.54) is 0 Å². The lowest BCUT2D eigenvalue weighted by atomic mass is 9.98. The molecule has 3 N–H and O–H groups in total. The van der Waals surface area contributed by atoms with Crippen LogP contribution in [0.1, 0.15) is 52.7 Å². The molecule has 1 aliphatic carbocycles. The van der Waals surface area contributed by atoms with Crippen molar-refractivity contribution in [2.45, 2.75) is 38.6 Å². The zero-order valence-corrected chi connectivity index (χ0v) is 19.7. The average molecular weight is 473 g/mol. The molecule has 35 heavy (non-hydrogen) atoms. The maximum absolute atomic E-state index is 12.7. The summed E-state index contributed by atoms with van der Waals surface area (Å²) in [5, 5.41) is 14.6. The first-order valence-electron chi connectivity index (χ1n) is 11.7. The predicted molar refractivity (Wildman–Crippen MR) is 134 cm³/mol. The van der Waals surface area contributed by atoms with Crippen molar-refractivity contribution in [3.63, 3.8) is 0 Å². The van der Waals surface area contributed by atoms with Crippen LogP contribution < -0.4 is 10.6 Å². The number of carbonyl (C=O) groups is 3. The summed E-state index contributed by atoms with van der Waals surface area (Å²) in [6, 6.07) is 20.1. The lowest BCUT2D eigenvalue weighted by molar-refractivity contribution is -0.139. The number of aliphatic carboxylic acids is 1. The second-order valence-corrected chi connectivity index (χ2v) is 8.58. The lowest BCUT2D eigenvalue weighted by Gasteiger charge is -2.17. The van der Waals surface area contributed by atoms with Crippen LogP contribution in [0.2, 0.25) is 0 Å². The molecule has 0 spiro atoms. The van der Waals surface area contributed by atoms with Crippen molar-refractivity contribution in [3.05, 3.63) is 89.0 Å². The van der Waals surface area contributed by atoms with Crippen LogP contribution in [0.3, 0.4) is 0 Å². The summed E-state index contributed by atoms with van der Waals surface area (Å²) < 4.78 is 5.60. The van der Waals surface area contributed by atoms with Crippen molar-refractivity contribution in [1.82, 2.24) is 5.32 Å². The summed E-state index contributed by atoms with van der Waals surface area (Å²) in [6.07, 6.45) is 0.333. The standard InChI is InChI=1S/C28H28N2O5/c1-3-9-25(27(32)33)29-26(31)18-14-8-15-24(17(18)2)30-28(34)35-16-23-21-12-6-4-10-19(21)20-11-5-7-13-22(20)23/h4-8,10-15,23,25H,3,9,16H2,1-2H3,(H,29,31)(H,30,34)(H,32,33)/t25-/m0/s1. The Morgan fingerprint density at radius 2 is 1.57 bits per heavy atom. The summed E-state index contributed by atoms with van der Waals surface area (Å²) in [4.78, 5) is 36.8. The van der Waals surface area contributed by atoms with E-state index in [9.17, 15) is 19.5 Å². The van der Waals surface area contributed by atoms with Gasteiger partial charge in [-0.15, -0.1) is 0 Å². The Morgan fingerprint density at radius 3 is 2.17 bits per heavy atom. The number of carboxylic acids is 1. The first-order chi connectivity index (χ1) is 16.9. The third kappa shape index (κ3) is 5.04. The molecule has 0 fully saturated rings. The van der Waals surface area contributed by atoms with Crippen molar-refractivity contribution in [2.24, 2.45) is 0 Å². The van der Waals surface area contributed by atoms with E-state index in [0.29, 0.717) is 29.7 Å². The van der Waals surface area contributed by atoms with Crippen molar-refractivity contribution < 1.29 is 24.2 Å². The molecule has 0 aliphatic heterocycles. The highest BCUT2D eigenvalue weighted by Gasteiger charge is 2.29. The minimum absolute atomic E-state index is 0.0575. The molecule has 7 heteroatoms. The smallest absolute Gasteiger partial charge is 0.411 e. The number of carboxylic acid groups (broad SMARTS) is 1. The van der Waals surface area contributed by atoms with Gasteiger partial charge in [0.25, 0.3) is 5.91 Å². The monoisotopic (exact) mass is 472 g/mol. The largest absolute Gasteiger partial charge is 0.480 e. The number of hydrogen-bond donors (Lipinski definition) is 3. The number of hydrogen-bond acceptors (Lipinski definition) is 4. The van der Waals surface area contributed by atoms with Gasteiger partial charge < -0.3 is 15.2 Å². The molecule has 1 aliphatic rings. The maximum atomic E-state index is 12.7. The minimum atomic E-state index is -1.08. The normalized spacial score (nSPS) is 12.9. The number of ether oxygens (including phenoxy) is 1. The molecule has 3 aromatic carbocycles. The van der Waals surface area contributed by atoms with Crippen LogP contribution in [0.4, 0.5) is 10.5 Å². The van der Waals surface area contributed by atoms with Crippen LogP contribution in [0.25, 0.3) is 11.1 Å². The Kier molecular flexibility index (Phi) is 7.15. The third-order valence-corrected chi connectivity index (χ3v) is 6.34. The fraction of sp³-hybridized carbons (Fsp3) is 0.250. The molecule has 0 heterocycles. The van der Waals surface area contributed by atoms with Gasteiger partial charge in [0, 0.05) is 17.2 Å². The summed E-state index contributed by atoms with van der Waals surface area (Å²) in [6.45, 7) is 3.73. The Balaban J connectivity index is 1.44. The average Bonchev–Trinajstić information content (AvgIpc) is 3.17. The molecule has 0 aromatic heterocycles. The van der Waals surface area contributed by atoms with Gasteiger partial charge in [0.2, 0.25) is 0 Å². The SMILES string of the molecule is CCC[C@H](NC(=O)c1cccc(NC(=O)OCC2c3ccccc3-c3ccccc32)c1C)C(=O)O. The summed E-state index contributed by atoms with van der Waals surface area (Å²) in [7, 11) is 0. The van der Waals surface area contributed by atoms with Gasteiger partial charge >= 0.3 is 12.1 Å². The fourth-order valence-corrected chi connectivity index (χ4v) is 4.54. The minimum Gasteiger partial charge on any atom is -0.480 e. The number of fused-ring (bicyclic) bond motifs is 3. The molecule has 4 rings (SSSR count). The molecule has 0 saturated heterocycles. The molecular weight excluding hydrogens is 444 g/mol. The first kappa shape index (κ1) is 24.0. The molecule has 180 valence electrons. The molecular formula is C28H28N2O5. The highest BCUT2D eigenvalue weighted by atomic mass is 16.5. The molecule has 3 aromatic rings. The van der Waals surface area contributed by atoms with Gasteiger partial charge in [-0.1, -0.05) is 67.9 Å². The van der Waals surface area contributed by atoms with Gasteiger partial charge in [0.15, 0.2) is 0 Å². The van der Waals surface area contributed by atoms with Gasteiger partial charge in [-0.25, -0.2) is 9.59 Å². The number of anilines is 1. The third-order valence-electron chi connectivity index (χ3n) is 6.34. The van der Waals surface area contributed by atoms with Gasteiger partial charge in [0.05, 0.1) is 0 Å². The summed E-state index contributed by atoms with van der Waals surface area (Å²) in [5.74, 6) is -1.64. The molecule has 0 saturated carbocycles. The second kappa shape index (κ2) is 10.4. The molecule has 0 radical (unpaired) electrons. The van der Waals surface area contributed by atoms with Crippen LogP contribution in [-0.4, -0.2) is 35.7 Å². The van der Waals surface area contributed by atoms with Crippen molar-refractivity contribution in [2.75, 3.05) is 11.9 Å². The second-order valence-electron chi connectivity index (χ2n) is 8.58. The van der Waals surface area contributed by atoms with Gasteiger partial charge in [0.1, 0.15) is 12.6 Å². The van der Waals surface area contributed by atoms with E-state index in [1.54, 1.807) is 25.1 Å². The Hall–Kier alpha value is -4.13. The maximum Gasteiger partial charge on any atom is 0.411 e. The highest BCUT2D eigenvalue weighted by Crippen LogP contribution is 2.44. The van der Waals surface area contributed by atoms with E-state index in [0.717, 1.165) is 22.3 Å². The van der Waals surface area contributed by atoms with Crippen LogP contribution in [0.5, 0.6) is 0 Å². The number of benzene rings is 3. The summed E-state index contributed by atoms with van der Waals surface area (Å²) >= 11 is 0. The van der Waals surface area contributed by atoms with Crippen LogP contribution in [0, 0.1) is 6.92 Å². The highest BCUT2D eigenvalue weighted by molar-refractivity contribution is 6.00. The fourth-order valence-electron chi connectivity index (χ4n) is 4.54. The van der Waals surface area contributed by atoms with Crippen LogP contribution in [-0.2, 0) is 9.53 Å². The van der Waals surface area contributed by atoms with E-state index in [1.807, 2.05) is 31.2 Å². The van der Waals surface area contributed by atoms with Gasteiger partial charge in [-0.2, -0.15) is 0 Å². The predicted octanol–water partition coefficient (Wildman–Crippen LogP) is 5.34. The van der Waals surface area contributed by atoms with E-state index in [-0.39, 0.29) is 12.5 Å². The Labute approximate surface area is 204 Å². The number of rotatable bonds is 8. The van der Waals surface area contributed by atoms with E-state index in [2.05, 4.69) is 34.9 Å². The number of nitrogens with one attached hydrogen (secondary N) is 2. The van der Waals surface area contributed by atoms with Gasteiger partial charge in [-0.3, -0.25) is 10.1 Å². The zero-order valence-electron chi connectivity index (χ0n) is 19.7. The summed E-state index contributed by atoms with van der Waals surface area (Å²) in [5.41, 5.74) is 5.79. The van der Waals surface area contributed by atoms with Gasteiger partial charge in [-0.05, 0) is 53.3 Å². The van der Waals surface area contributed by atoms with Crippen molar-refractivity contribution in [1.29, 1.82) is 0 Å².